The lowest BCUT2D eigenvalue weighted by Gasteiger charge is -2.37. The van der Waals surface area contributed by atoms with Crippen molar-refractivity contribution >= 4 is 10.0 Å². The van der Waals surface area contributed by atoms with E-state index in [1.54, 1.807) is 24.3 Å². The van der Waals surface area contributed by atoms with Crippen molar-refractivity contribution in [3.05, 3.63) is 29.8 Å². The number of hydrogen-bond donors (Lipinski definition) is 2. The van der Waals surface area contributed by atoms with Gasteiger partial charge in [0, 0.05) is 52.7 Å². The van der Waals surface area contributed by atoms with Gasteiger partial charge in [0.25, 0.3) is 0 Å². The van der Waals surface area contributed by atoms with Gasteiger partial charge in [-0.1, -0.05) is 12.1 Å². The van der Waals surface area contributed by atoms with Gasteiger partial charge in [-0.15, -0.1) is 0 Å². The van der Waals surface area contributed by atoms with Crippen LogP contribution in [0.2, 0.25) is 0 Å². The molecule has 7 heteroatoms. The van der Waals surface area contributed by atoms with E-state index in [1.165, 1.54) is 18.4 Å². The van der Waals surface area contributed by atoms with E-state index in [4.69, 9.17) is 4.74 Å². The second-order valence-corrected chi connectivity index (χ2v) is 8.40. The van der Waals surface area contributed by atoms with Crippen LogP contribution in [0.15, 0.2) is 29.2 Å². The van der Waals surface area contributed by atoms with Crippen molar-refractivity contribution in [3.8, 4) is 0 Å². The third kappa shape index (κ3) is 4.30. The zero-order valence-corrected chi connectivity index (χ0v) is 14.8. The van der Waals surface area contributed by atoms with Crippen LogP contribution in [-0.2, 0) is 21.3 Å². The van der Waals surface area contributed by atoms with Gasteiger partial charge in [0.2, 0.25) is 10.0 Å². The molecule has 0 radical (unpaired) electrons. The van der Waals surface area contributed by atoms with Crippen LogP contribution in [-0.4, -0.2) is 56.8 Å². The molecule has 1 heterocycles. The third-order valence-corrected chi connectivity index (χ3v) is 6.31. The molecule has 1 aromatic rings. The Labute approximate surface area is 138 Å². The molecule has 1 fully saturated rings. The maximum absolute atomic E-state index is 12.0. The van der Waals surface area contributed by atoms with Crippen LogP contribution in [0.4, 0.5) is 0 Å². The zero-order chi connectivity index (χ0) is 17.1. The number of benzene rings is 1. The van der Waals surface area contributed by atoms with E-state index in [-0.39, 0.29) is 10.9 Å². The first kappa shape index (κ1) is 18.4. The largest absolute Gasteiger partial charge is 0.388 e. The number of ether oxygens (including phenoxy) is 1. The van der Waals surface area contributed by atoms with Gasteiger partial charge < -0.3 is 15.2 Å². The summed E-state index contributed by atoms with van der Waals surface area (Å²) in [6, 6.07) is 6.76. The zero-order valence-electron chi connectivity index (χ0n) is 13.9. The fourth-order valence-electron chi connectivity index (χ4n) is 2.61. The molecule has 0 aromatic heterocycles. The second-order valence-electron chi connectivity index (χ2n) is 6.25. The summed E-state index contributed by atoms with van der Waals surface area (Å²) in [5.74, 6) is 0. The second kappa shape index (κ2) is 7.27. The minimum absolute atomic E-state index is 0.0587. The number of aliphatic hydroxyl groups is 1. The molecule has 0 saturated carbocycles. The summed E-state index contributed by atoms with van der Waals surface area (Å²) in [5, 5.41) is 13.9. The molecule has 0 bridgehead atoms. The Hall–Kier alpha value is -0.990. The molecule has 1 aliphatic heterocycles. The van der Waals surface area contributed by atoms with E-state index in [0.29, 0.717) is 32.6 Å². The first-order chi connectivity index (χ1) is 10.8. The van der Waals surface area contributed by atoms with Gasteiger partial charge in [-0.2, -0.15) is 0 Å². The molecule has 130 valence electrons. The molecule has 0 aliphatic carbocycles. The Morgan fingerprint density at radius 3 is 2.35 bits per heavy atom. The van der Waals surface area contributed by atoms with Crippen molar-refractivity contribution in [2.24, 2.45) is 0 Å². The van der Waals surface area contributed by atoms with Crippen LogP contribution in [0.3, 0.4) is 0 Å². The van der Waals surface area contributed by atoms with Crippen LogP contribution < -0.4 is 5.32 Å². The Morgan fingerprint density at radius 1 is 1.26 bits per heavy atom. The third-order valence-electron chi connectivity index (χ3n) is 4.48. The standard InChI is InChI=1S/C16H26N2O4S/c1-13(16(19)8-10-22-11-9-16)17-12-14-4-6-15(7-5-14)23(20,21)18(2)3/h4-7,13,17,19H,8-12H2,1-3H3. The van der Waals surface area contributed by atoms with E-state index < -0.39 is 15.6 Å². The molecule has 1 saturated heterocycles. The molecule has 6 nitrogen and oxygen atoms in total. The summed E-state index contributed by atoms with van der Waals surface area (Å²) < 4.78 is 30.5. The molecule has 0 amide bonds. The topological polar surface area (TPSA) is 78.9 Å². The lowest BCUT2D eigenvalue weighted by Crippen LogP contribution is -2.51. The Kier molecular flexibility index (Phi) is 5.80. The number of nitrogens with one attached hydrogen (secondary N) is 1. The van der Waals surface area contributed by atoms with Crippen molar-refractivity contribution in [2.45, 2.75) is 42.8 Å². The number of rotatable bonds is 6. The number of nitrogens with zero attached hydrogens (tertiary/aromatic N) is 1. The number of sulfonamides is 1. The van der Waals surface area contributed by atoms with Crippen LogP contribution in [0.5, 0.6) is 0 Å². The van der Waals surface area contributed by atoms with Gasteiger partial charge in [0.15, 0.2) is 0 Å². The Morgan fingerprint density at radius 2 is 1.83 bits per heavy atom. The smallest absolute Gasteiger partial charge is 0.242 e. The molecule has 23 heavy (non-hydrogen) atoms. The highest BCUT2D eigenvalue weighted by atomic mass is 32.2. The van der Waals surface area contributed by atoms with Crippen LogP contribution in [0, 0.1) is 0 Å². The lowest BCUT2D eigenvalue weighted by atomic mass is 9.87. The van der Waals surface area contributed by atoms with Gasteiger partial charge in [0.05, 0.1) is 10.5 Å². The van der Waals surface area contributed by atoms with E-state index in [0.717, 1.165) is 5.56 Å². The van der Waals surface area contributed by atoms with Crippen molar-refractivity contribution in [1.29, 1.82) is 0 Å². The monoisotopic (exact) mass is 342 g/mol. The highest BCUT2D eigenvalue weighted by molar-refractivity contribution is 7.89. The van der Waals surface area contributed by atoms with E-state index >= 15 is 0 Å². The molecule has 1 unspecified atom stereocenters. The molecule has 2 rings (SSSR count). The maximum atomic E-state index is 12.0. The summed E-state index contributed by atoms with van der Waals surface area (Å²) in [6.07, 6.45) is 1.25. The summed E-state index contributed by atoms with van der Waals surface area (Å²) >= 11 is 0. The summed E-state index contributed by atoms with van der Waals surface area (Å²) in [5.41, 5.74) is 0.233. The molecule has 1 aliphatic rings. The highest BCUT2D eigenvalue weighted by Crippen LogP contribution is 2.24. The quantitative estimate of drug-likeness (QED) is 0.805. The van der Waals surface area contributed by atoms with Crippen molar-refractivity contribution in [3.63, 3.8) is 0 Å². The average molecular weight is 342 g/mol. The average Bonchev–Trinajstić information content (AvgIpc) is 2.53. The normalized spacial score (nSPS) is 19.7. The lowest BCUT2D eigenvalue weighted by molar-refractivity contribution is -0.0819. The van der Waals surface area contributed by atoms with Crippen LogP contribution >= 0.6 is 0 Å². The van der Waals surface area contributed by atoms with Gasteiger partial charge in [-0.05, 0) is 24.6 Å². The summed E-state index contributed by atoms with van der Waals surface area (Å²) in [7, 11) is -0.363. The van der Waals surface area contributed by atoms with Gasteiger partial charge in [-0.25, -0.2) is 12.7 Å². The van der Waals surface area contributed by atoms with E-state index in [9.17, 15) is 13.5 Å². The minimum atomic E-state index is -3.39. The van der Waals surface area contributed by atoms with Gasteiger partial charge in [-0.3, -0.25) is 0 Å². The number of hydrogen-bond acceptors (Lipinski definition) is 5. The molecule has 0 spiro atoms. The predicted octanol–water partition coefficient (Wildman–Crippen LogP) is 0.956. The minimum Gasteiger partial charge on any atom is -0.388 e. The van der Waals surface area contributed by atoms with Crippen molar-refractivity contribution in [2.75, 3.05) is 27.3 Å². The first-order valence-corrected chi connectivity index (χ1v) is 9.25. The van der Waals surface area contributed by atoms with Crippen LogP contribution in [0.1, 0.15) is 25.3 Å². The first-order valence-electron chi connectivity index (χ1n) is 7.81. The summed E-state index contributed by atoms with van der Waals surface area (Å²) in [4.78, 5) is 0.280. The fraction of sp³-hybridized carbons (Fsp3) is 0.625. The Bertz CT molecular complexity index is 607. The molecule has 1 aromatic carbocycles. The maximum Gasteiger partial charge on any atom is 0.242 e. The molecular weight excluding hydrogens is 316 g/mol. The summed E-state index contributed by atoms with van der Waals surface area (Å²) in [6.45, 7) is 3.71. The molecule has 2 N–H and O–H groups in total. The Balaban J connectivity index is 1.96. The fourth-order valence-corrected chi connectivity index (χ4v) is 3.51. The van der Waals surface area contributed by atoms with E-state index in [2.05, 4.69) is 5.32 Å². The molecular formula is C16H26N2O4S. The van der Waals surface area contributed by atoms with Crippen LogP contribution in [0.25, 0.3) is 0 Å². The van der Waals surface area contributed by atoms with E-state index in [1.807, 2.05) is 6.92 Å². The highest BCUT2D eigenvalue weighted by Gasteiger charge is 2.35. The predicted molar refractivity (Wildman–Crippen MR) is 88.6 cm³/mol. The van der Waals surface area contributed by atoms with Gasteiger partial charge in [0.1, 0.15) is 0 Å². The van der Waals surface area contributed by atoms with Crippen molar-refractivity contribution in [1.82, 2.24) is 9.62 Å². The van der Waals surface area contributed by atoms with Gasteiger partial charge >= 0.3 is 0 Å². The molecule has 1 atom stereocenters. The SMILES string of the molecule is CC(NCc1ccc(S(=O)(=O)N(C)C)cc1)C1(O)CCOCC1. The van der Waals surface area contributed by atoms with Crippen molar-refractivity contribution < 1.29 is 18.3 Å².